The number of nitrogens with one attached hydrogen (secondary N) is 1. The minimum Gasteiger partial charge on any atom is -0.466 e. The van der Waals surface area contributed by atoms with Gasteiger partial charge in [0.25, 0.3) is 0 Å². The van der Waals surface area contributed by atoms with Crippen molar-refractivity contribution in [3.8, 4) is 0 Å². The number of nitrogens with zero attached hydrogens (tertiary/aromatic N) is 8. The molecular weight excluding hydrogens is 570 g/mol. The highest BCUT2D eigenvalue weighted by Crippen LogP contribution is 2.44. The molecule has 1 saturated carbocycles. The Labute approximate surface area is 267 Å². The van der Waals surface area contributed by atoms with Crippen LogP contribution in [-0.2, 0) is 14.3 Å². The average molecular weight is 622 g/mol. The van der Waals surface area contributed by atoms with Gasteiger partial charge in [0.05, 0.1) is 13.0 Å². The highest BCUT2D eigenvalue weighted by molar-refractivity contribution is 5.78. The van der Waals surface area contributed by atoms with Gasteiger partial charge in [-0.15, -0.1) is 0 Å². The summed E-state index contributed by atoms with van der Waals surface area (Å²) in [5.41, 5.74) is -0.245. The predicted molar refractivity (Wildman–Crippen MR) is 174 cm³/mol. The van der Waals surface area contributed by atoms with E-state index in [1.54, 1.807) is 24.8 Å². The number of ether oxygens (including phenoxy) is 1. The number of hydrogen-bond donors (Lipinski definition) is 1. The van der Waals surface area contributed by atoms with Crippen LogP contribution in [0.2, 0.25) is 0 Å². The highest BCUT2D eigenvalue weighted by atomic mass is 16.5. The zero-order chi connectivity index (χ0) is 31.2. The second-order valence-corrected chi connectivity index (χ2v) is 12.8. The van der Waals surface area contributed by atoms with E-state index in [1.807, 2.05) is 12.1 Å². The molecule has 3 fully saturated rings. The second kappa shape index (κ2) is 17.4. The third kappa shape index (κ3) is 10.6. The lowest BCUT2D eigenvalue weighted by molar-refractivity contribution is -0.147. The molecule has 2 aromatic rings. The minimum absolute atomic E-state index is 0.0695. The first-order valence-electron chi connectivity index (χ1n) is 17.0. The van der Waals surface area contributed by atoms with Gasteiger partial charge in [0.2, 0.25) is 17.8 Å². The van der Waals surface area contributed by atoms with Gasteiger partial charge in [-0.25, -0.2) is 19.9 Å². The van der Waals surface area contributed by atoms with Crippen LogP contribution in [0.25, 0.3) is 0 Å². The number of anilines is 2. The summed E-state index contributed by atoms with van der Waals surface area (Å²) >= 11 is 0. The summed E-state index contributed by atoms with van der Waals surface area (Å²) in [6.07, 6.45) is 15.8. The maximum atomic E-state index is 12.9. The fraction of sp³-hybridized carbons (Fsp3) is 0.697. The van der Waals surface area contributed by atoms with Gasteiger partial charge in [-0.05, 0) is 69.2 Å². The molecule has 1 amide bonds. The van der Waals surface area contributed by atoms with Crippen LogP contribution < -0.4 is 15.1 Å². The van der Waals surface area contributed by atoms with Crippen molar-refractivity contribution in [2.24, 2.45) is 5.41 Å². The Kier molecular flexibility index (Phi) is 12.7. The molecule has 4 heterocycles. The van der Waals surface area contributed by atoms with Crippen molar-refractivity contribution < 1.29 is 14.3 Å². The van der Waals surface area contributed by atoms with Gasteiger partial charge < -0.3 is 19.9 Å². The molecule has 0 atom stereocenters. The van der Waals surface area contributed by atoms with Crippen LogP contribution in [-0.4, -0.2) is 120 Å². The van der Waals surface area contributed by atoms with E-state index < -0.39 is 0 Å². The van der Waals surface area contributed by atoms with E-state index in [9.17, 15) is 9.59 Å². The summed E-state index contributed by atoms with van der Waals surface area (Å²) in [6, 6.07) is 3.68. The molecule has 0 unspecified atom stereocenters. The first-order valence-corrected chi connectivity index (χ1v) is 17.0. The number of amides is 1. The topological polar surface area (TPSA) is 120 Å². The van der Waals surface area contributed by atoms with Crippen LogP contribution in [0.5, 0.6) is 0 Å². The van der Waals surface area contributed by atoms with E-state index in [4.69, 9.17) is 4.74 Å². The Morgan fingerprint density at radius 3 is 1.73 bits per heavy atom. The Hall–Kier alpha value is -3.38. The molecule has 2 saturated heterocycles. The number of unbranched alkanes of at least 4 members (excludes halogenated alkanes) is 2. The van der Waals surface area contributed by atoms with Gasteiger partial charge in [0.1, 0.15) is 0 Å². The van der Waals surface area contributed by atoms with Crippen molar-refractivity contribution in [1.29, 1.82) is 0 Å². The molecule has 0 bridgehead atoms. The quantitative estimate of drug-likeness (QED) is 0.220. The van der Waals surface area contributed by atoms with Gasteiger partial charge >= 0.3 is 5.97 Å². The maximum Gasteiger partial charge on any atom is 0.306 e. The monoisotopic (exact) mass is 621 g/mol. The van der Waals surface area contributed by atoms with Crippen LogP contribution in [0.15, 0.2) is 36.9 Å². The van der Waals surface area contributed by atoms with Crippen molar-refractivity contribution in [3.63, 3.8) is 0 Å². The molecule has 12 nitrogen and oxygen atoms in total. The summed E-state index contributed by atoms with van der Waals surface area (Å²) in [7, 11) is 0. The van der Waals surface area contributed by atoms with E-state index in [-0.39, 0.29) is 17.3 Å². The SMILES string of the molecule is O=C(CC1(CC(=O)OCCCCN2CCN(c3ncccn3)CC2)CCCC1)NCCCCN1CCN(c2ncccn2)CC1. The van der Waals surface area contributed by atoms with Gasteiger partial charge in [0, 0.05) is 90.1 Å². The van der Waals surface area contributed by atoms with Crippen molar-refractivity contribution in [2.75, 3.05) is 88.4 Å². The standard InChI is InChI=1S/C33H51N9O3/c43-29(34-11-3-4-16-39-18-22-41(23-19-39)31-35-12-7-13-36-31)27-33(9-1-2-10-33)28-30(44)45-26-6-5-17-40-20-24-42(25-21-40)32-37-14-8-15-38-32/h7-8,12-15H,1-6,9-11,16-28H2,(H,34,43). The van der Waals surface area contributed by atoms with Crippen LogP contribution in [0.1, 0.15) is 64.2 Å². The fourth-order valence-electron chi connectivity index (χ4n) is 6.87. The first-order chi connectivity index (χ1) is 22.1. The summed E-state index contributed by atoms with van der Waals surface area (Å²) < 4.78 is 5.65. The van der Waals surface area contributed by atoms with Gasteiger partial charge in [-0.2, -0.15) is 0 Å². The van der Waals surface area contributed by atoms with Crippen LogP contribution in [0, 0.1) is 5.41 Å². The third-order valence-corrected chi connectivity index (χ3v) is 9.49. The number of carbonyl (C=O) groups is 2. The zero-order valence-electron chi connectivity index (χ0n) is 26.8. The lowest BCUT2D eigenvalue weighted by Crippen LogP contribution is -2.47. The molecule has 2 aliphatic heterocycles. The zero-order valence-corrected chi connectivity index (χ0v) is 26.8. The average Bonchev–Trinajstić information content (AvgIpc) is 3.53. The largest absolute Gasteiger partial charge is 0.466 e. The van der Waals surface area contributed by atoms with Crippen molar-refractivity contribution in [1.82, 2.24) is 35.1 Å². The predicted octanol–water partition coefficient (Wildman–Crippen LogP) is 2.77. The molecule has 12 heteroatoms. The Morgan fingerprint density at radius 1 is 0.689 bits per heavy atom. The number of hydrogen-bond acceptors (Lipinski definition) is 11. The Bertz CT molecular complexity index is 1070. The summed E-state index contributed by atoms with van der Waals surface area (Å²) in [6.45, 7) is 10.9. The van der Waals surface area contributed by atoms with Crippen molar-refractivity contribution >= 4 is 23.8 Å². The molecule has 0 spiro atoms. The van der Waals surface area contributed by atoms with E-state index in [1.165, 1.54) is 0 Å². The molecule has 3 aliphatic rings. The number of carbonyl (C=O) groups excluding carboxylic acids is 2. The molecule has 0 radical (unpaired) electrons. The molecule has 1 N–H and O–H groups in total. The molecule has 1 aliphatic carbocycles. The first kappa shape index (κ1) is 33.0. The Balaban J connectivity index is 0.896. The number of aromatic nitrogens is 4. The maximum absolute atomic E-state index is 12.9. The summed E-state index contributed by atoms with van der Waals surface area (Å²) in [5.74, 6) is 1.53. The van der Waals surface area contributed by atoms with Crippen LogP contribution in [0.3, 0.4) is 0 Å². The molecule has 2 aromatic heterocycles. The smallest absolute Gasteiger partial charge is 0.306 e. The summed E-state index contributed by atoms with van der Waals surface area (Å²) in [5, 5.41) is 3.13. The molecular formula is C33H51N9O3. The van der Waals surface area contributed by atoms with E-state index in [2.05, 4.69) is 44.9 Å². The fourth-order valence-corrected chi connectivity index (χ4v) is 6.87. The lowest BCUT2D eigenvalue weighted by Gasteiger charge is -2.34. The Morgan fingerprint density at radius 2 is 1.20 bits per heavy atom. The minimum atomic E-state index is -0.245. The molecule has 5 rings (SSSR count). The van der Waals surface area contributed by atoms with Gasteiger partial charge in [-0.3, -0.25) is 19.4 Å². The third-order valence-electron chi connectivity index (χ3n) is 9.49. The van der Waals surface area contributed by atoms with E-state index in [0.717, 1.165) is 129 Å². The van der Waals surface area contributed by atoms with Crippen LogP contribution >= 0.6 is 0 Å². The second-order valence-electron chi connectivity index (χ2n) is 12.8. The lowest BCUT2D eigenvalue weighted by atomic mass is 9.79. The van der Waals surface area contributed by atoms with E-state index in [0.29, 0.717) is 26.0 Å². The number of rotatable bonds is 16. The summed E-state index contributed by atoms with van der Waals surface area (Å²) in [4.78, 5) is 52.4. The molecule has 246 valence electrons. The van der Waals surface area contributed by atoms with E-state index >= 15 is 0 Å². The normalized spacial score (nSPS) is 19.0. The molecule has 45 heavy (non-hydrogen) atoms. The van der Waals surface area contributed by atoms with Crippen LogP contribution in [0.4, 0.5) is 11.9 Å². The van der Waals surface area contributed by atoms with Gasteiger partial charge in [-0.1, -0.05) is 12.8 Å². The highest BCUT2D eigenvalue weighted by Gasteiger charge is 2.38. The number of piperazine rings is 2. The number of esters is 1. The molecule has 0 aromatic carbocycles. The van der Waals surface area contributed by atoms with Crippen molar-refractivity contribution in [3.05, 3.63) is 36.9 Å². The van der Waals surface area contributed by atoms with Gasteiger partial charge in [0.15, 0.2) is 0 Å². The van der Waals surface area contributed by atoms with Crippen molar-refractivity contribution in [2.45, 2.75) is 64.2 Å².